The molecule has 0 saturated heterocycles. The van der Waals surface area contributed by atoms with Crippen molar-refractivity contribution >= 4 is 49.0 Å². The number of aromatic nitrogens is 2. The van der Waals surface area contributed by atoms with Crippen molar-refractivity contribution in [3.63, 3.8) is 0 Å². The molecule has 0 amide bonds. The normalized spacial score (nSPS) is 11.3. The monoisotopic (exact) mass is 605 g/mol. The van der Waals surface area contributed by atoms with E-state index >= 15 is 0 Å². The summed E-state index contributed by atoms with van der Waals surface area (Å²) < 4.78 is 21.8. The molecule has 0 aliphatic carbocycles. The molecule has 0 aliphatic rings. The molecule has 1 aromatic heterocycles. The van der Waals surface area contributed by atoms with Crippen LogP contribution >= 0.6 is 31.9 Å². The van der Waals surface area contributed by atoms with Crippen molar-refractivity contribution in [2.45, 2.75) is 6.61 Å². The number of para-hydroxylation sites is 1. The van der Waals surface area contributed by atoms with Gasteiger partial charge in [-0.2, -0.15) is 9.78 Å². The number of fused-ring (bicyclic) bond motifs is 1. The largest absolute Gasteiger partial charge is 0.487 e. The van der Waals surface area contributed by atoms with Gasteiger partial charge in [-0.1, -0.05) is 54.6 Å². The second-order valence-corrected chi connectivity index (χ2v) is 9.62. The van der Waals surface area contributed by atoms with E-state index in [1.807, 2.05) is 54.6 Å². The van der Waals surface area contributed by atoms with Crippen molar-refractivity contribution < 1.29 is 9.13 Å². The maximum Gasteiger partial charge on any atom is 0.282 e. The second kappa shape index (κ2) is 10.6. The summed E-state index contributed by atoms with van der Waals surface area (Å²) in [5.41, 5.74) is 2.72. The number of rotatable bonds is 6. The van der Waals surface area contributed by atoms with E-state index in [9.17, 15) is 9.18 Å². The molecule has 0 aliphatic heterocycles. The zero-order chi connectivity index (χ0) is 25.1. The fraction of sp³-hybridized carbons (Fsp3) is 0.0357. The van der Waals surface area contributed by atoms with Gasteiger partial charge in [0.15, 0.2) is 5.82 Å². The number of ether oxygens (including phenoxy) is 1. The zero-order valence-corrected chi connectivity index (χ0v) is 21.9. The molecule has 0 spiro atoms. The molecule has 8 heteroatoms. The highest BCUT2D eigenvalue weighted by Crippen LogP contribution is 2.35. The first-order chi connectivity index (χ1) is 17.5. The van der Waals surface area contributed by atoms with Gasteiger partial charge in [0.25, 0.3) is 5.56 Å². The molecule has 0 unspecified atom stereocenters. The van der Waals surface area contributed by atoms with E-state index in [1.54, 1.807) is 30.5 Å². The van der Waals surface area contributed by atoms with Crippen LogP contribution in [0.3, 0.4) is 0 Å². The molecule has 4 aromatic carbocycles. The fourth-order valence-electron chi connectivity index (χ4n) is 3.66. The van der Waals surface area contributed by atoms with Gasteiger partial charge in [0.05, 0.1) is 26.1 Å². The van der Waals surface area contributed by atoms with Crippen molar-refractivity contribution in [1.82, 2.24) is 9.66 Å². The molecule has 5 nitrogen and oxygen atoms in total. The molecular formula is C28H18Br2FN3O2. The molecule has 178 valence electrons. The maximum atomic E-state index is 13.3. The molecule has 1 heterocycles. The van der Waals surface area contributed by atoms with E-state index < -0.39 is 0 Å². The van der Waals surface area contributed by atoms with Crippen LogP contribution in [0, 0.1) is 5.82 Å². The Balaban J connectivity index is 1.49. The Morgan fingerprint density at radius 3 is 2.31 bits per heavy atom. The van der Waals surface area contributed by atoms with Crippen molar-refractivity contribution in [3.8, 4) is 17.1 Å². The van der Waals surface area contributed by atoms with Gasteiger partial charge in [-0.25, -0.2) is 9.37 Å². The quantitative estimate of drug-likeness (QED) is 0.192. The first-order valence-corrected chi connectivity index (χ1v) is 12.6. The highest BCUT2D eigenvalue weighted by atomic mass is 79.9. The van der Waals surface area contributed by atoms with Crippen molar-refractivity contribution in [1.29, 1.82) is 0 Å². The highest BCUT2D eigenvalue weighted by molar-refractivity contribution is 9.11. The number of halogens is 3. The topological polar surface area (TPSA) is 56.5 Å². The Labute approximate surface area is 223 Å². The maximum absolute atomic E-state index is 13.3. The summed E-state index contributed by atoms with van der Waals surface area (Å²) in [6, 6.07) is 26.5. The van der Waals surface area contributed by atoms with Crippen LogP contribution < -0.4 is 10.3 Å². The third kappa shape index (κ3) is 5.15. The Morgan fingerprint density at radius 2 is 1.58 bits per heavy atom. The van der Waals surface area contributed by atoms with Gasteiger partial charge in [-0.3, -0.25) is 4.79 Å². The first kappa shape index (κ1) is 24.1. The zero-order valence-electron chi connectivity index (χ0n) is 18.7. The standard InChI is InChI=1S/C28H18Br2FN3O2/c29-23-14-19(15-24(30)26(23)36-17-18-10-12-21(31)13-11-18)16-32-34-27(20-6-2-1-3-7-20)33-25-9-5-4-8-22(25)28(34)35/h1-16H,17H2. The van der Waals surface area contributed by atoms with Crippen molar-refractivity contribution in [2.24, 2.45) is 5.10 Å². The van der Waals surface area contributed by atoms with Gasteiger partial charge < -0.3 is 4.74 Å². The second-order valence-electron chi connectivity index (χ2n) is 7.91. The minimum absolute atomic E-state index is 0.256. The number of benzene rings is 4. The number of hydrogen-bond acceptors (Lipinski definition) is 4. The number of nitrogens with zero attached hydrogens (tertiary/aromatic N) is 3. The molecule has 0 bridgehead atoms. The van der Waals surface area contributed by atoms with Crippen molar-refractivity contribution in [3.05, 3.63) is 127 Å². The minimum atomic E-state index is -0.291. The molecule has 0 N–H and O–H groups in total. The van der Waals surface area contributed by atoms with Crippen LogP contribution in [-0.4, -0.2) is 15.9 Å². The van der Waals surface area contributed by atoms with E-state index in [1.165, 1.54) is 16.8 Å². The van der Waals surface area contributed by atoms with E-state index in [4.69, 9.17) is 9.72 Å². The van der Waals surface area contributed by atoms with Gasteiger partial charge >= 0.3 is 0 Å². The lowest BCUT2D eigenvalue weighted by Crippen LogP contribution is -2.20. The lowest BCUT2D eigenvalue weighted by atomic mass is 10.2. The van der Waals surface area contributed by atoms with Crippen LogP contribution in [0.4, 0.5) is 4.39 Å². The Bertz CT molecular complexity index is 1610. The summed E-state index contributed by atoms with van der Waals surface area (Å²) in [4.78, 5) is 18.0. The van der Waals surface area contributed by atoms with Gasteiger partial charge in [-0.05, 0) is 79.4 Å². The van der Waals surface area contributed by atoms with E-state index in [2.05, 4.69) is 37.0 Å². The van der Waals surface area contributed by atoms with Crippen LogP contribution in [0.5, 0.6) is 5.75 Å². The van der Waals surface area contributed by atoms with Crippen LogP contribution in [0.25, 0.3) is 22.3 Å². The smallest absolute Gasteiger partial charge is 0.282 e. The predicted octanol–water partition coefficient (Wildman–Crippen LogP) is 7.19. The van der Waals surface area contributed by atoms with Crippen LogP contribution in [0.15, 0.2) is 110 Å². The molecule has 0 saturated carbocycles. The minimum Gasteiger partial charge on any atom is -0.487 e. The van der Waals surface area contributed by atoms with Gasteiger partial charge in [0, 0.05) is 5.56 Å². The molecule has 5 rings (SSSR count). The molecular weight excluding hydrogens is 589 g/mol. The predicted molar refractivity (Wildman–Crippen MR) is 147 cm³/mol. The molecule has 5 aromatic rings. The first-order valence-electron chi connectivity index (χ1n) is 11.0. The third-order valence-corrected chi connectivity index (χ3v) is 6.60. The Kier molecular flexibility index (Phi) is 7.06. The highest BCUT2D eigenvalue weighted by Gasteiger charge is 2.13. The SMILES string of the molecule is O=c1c2ccccc2nc(-c2ccccc2)n1N=Cc1cc(Br)c(OCc2ccc(F)cc2)c(Br)c1. The summed E-state index contributed by atoms with van der Waals surface area (Å²) >= 11 is 7.10. The Morgan fingerprint density at radius 1 is 0.917 bits per heavy atom. The summed E-state index contributed by atoms with van der Waals surface area (Å²) in [7, 11) is 0. The van der Waals surface area contributed by atoms with Gasteiger partial charge in [-0.15, -0.1) is 0 Å². The lowest BCUT2D eigenvalue weighted by Gasteiger charge is -2.12. The van der Waals surface area contributed by atoms with Crippen LogP contribution in [0.2, 0.25) is 0 Å². The van der Waals surface area contributed by atoms with E-state index in [0.717, 1.165) is 16.7 Å². The summed E-state index contributed by atoms with van der Waals surface area (Å²) in [6.45, 7) is 0.281. The Hall–Kier alpha value is -3.62. The average Bonchev–Trinajstić information content (AvgIpc) is 2.89. The van der Waals surface area contributed by atoms with E-state index in [-0.39, 0.29) is 18.0 Å². The summed E-state index contributed by atoms with van der Waals surface area (Å²) in [5.74, 6) is 0.764. The molecule has 36 heavy (non-hydrogen) atoms. The average molecular weight is 607 g/mol. The van der Waals surface area contributed by atoms with E-state index in [0.29, 0.717) is 31.4 Å². The summed E-state index contributed by atoms with van der Waals surface area (Å²) in [5, 5.41) is 5.00. The van der Waals surface area contributed by atoms with Crippen LogP contribution in [-0.2, 0) is 6.61 Å². The summed E-state index contributed by atoms with van der Waals surface area (Å²) in [6.07, 6.45) is 1.60. The van der Waals surface area contributed by atoms with Crippen LogP contribution in [0.1, 0.15) is 11.1 Å². The third-order valence-electron chi connectivity index (χ3n) is 5.43. The lowest BCUT2D eigenvalue weighted by molar-refractivity contribution is 0.302. The molecule has 0 atom stereocenters. The fourth-order valence-corrected chi connectivity index (χ4v) is 5.11. The molecule has 0 radical (unpaired) electrons. The van der Waals surface area contributed by atoms with Gasteiger partial charge in [0.2, 0.25) is 0 Å². The number of hydrogen-bond donors (Lipinski definition) is 0. The molecule has 0 fully saturated rings. The van der Waals surface area contributed by atoms with Crippen molar-refractivity contribution in [2.75, 3.05) is 0 Å². The van der Waals surface area contributed by atoms with Gasteiger partial charge in [0.1, 0.15) is 18.2 Å².